The number of aryl methyl sites for hydroxylation is 2. The molecule has 1 aromatic rings. The van der Waals surface area contributed by atoms with Crippen molar-refractivity contribution in [3.8, 4) is 0 Å². The Labute approximate surface area is 85.3 Å². The Hall–Kier alpha value is -0.830. The van der Waals surface area contributed by atoms with Crippen molar-refractivity contribution in [1.82, 2.24) is 9.78 Å². The van der Waals surface area contributed by atoms with Crippen molar-refractivity contribution in [2.45, 2.75) is 44.6 Å². The van der Waals surface area contributed by atoms with Crippen LogP contribution in [0.5, 0.6) is 0 Å². The largest absolute Gasteiger partial charge is 0.328 e. The maximum atomic E-state index is 5.99. The molecule has 0 aliphatic heterocycles. The van der Waals surface area contributed by atoms with Crippen LogP contribution < -0.4 is 5.73 Å². The van der Waals surface area contributed by atoms with Crippen LogP contribution in [0.3, 0.4) is 0 Å². The van der Waals surface area contributed by atoms with E-state index in [1.807, 2.05) is 11.7 Å². The molecular weight excluding hydrogens is 174 g/mol. The smallest absolute Gasteiger partial charge is 0.0628 e. The van der Waals surface area contributed by atoms with Crippen molar-refractivity contribution in [3.63, 3.8) is 0 Å². The molecule has 1 fully saturated rings. The maximum absolute atomic E-state index is 5.99. The van der Waals surface area contributed by atoms with Gasteiger partial charge in [0.2, 0.25) is 0 Å². The Morgan fingerprint density at radius 1 is 1.50 bits per heavy atom. The lowest BCUT2D eigenvalue weighted by Gasteiger charge is -2.26. The van der Waals surface area contributed by atoms with E-state index in [9.17, 15) is 0 Å². The van der Waals surface area contributed by atoms with Crippen LogP contribution in [-0.4, -0.2) is 15.8 Å². The number of nitrogens with two attached hydrogens (primary N) is 1. The average molecular weight is 193 g/mol. The van der Waals surface area contributed by atoms with Crippen LogP contribution in [0.2, 0.25) is 0 Å². The van der Waals surface area contributed by atoms with Gasteiger partial charge in [-0.1, -0.05) is 6.42 Å². The van der Waals surface area contributed by atoms with Crippen LogP contribution in [0.4, 0.5) is 0 Å². The van der Waals surface area contributed by atoms with E-state index in [1.165, 1.54) is 30.5 Å². The summed E-state index contributed by atoms with van der Waals surface area (Å²) < 4.78 is 1.91. The van der Waals surface area contributed by atoms with Crippen LogP contribution in [0.25, 0.3) is 0 Å². The lowest BCUT2D eigenvalue weighted by molar-refractivity contribution is 0.392. The van der Waals surface area contributed by atoms with Crippen molar-refractivity contribution in [1.29, 1.82) is 0 Å². The van der Waals surface area contributed by atoms with Crippen LogP contribution in [0.1, 0.15) is 42.9 Å². The summed E-state index contributed by atoms with van der Waals surface area (Å²) in [6.07, 6.45) is 7.01. The minimum atomic E-state index is 0.397. The third-order valence-corrected chi connectivity index (χ3v) is 3.21. The second-order valence-electron chi connectivity index (χ2n) is 4.47. The molecule has 0 radical (unpaired) electrons. The molecule has 3 nitrogen and oxygen atoms in total. The number of rotatable bonds is 1. The van der Waals surface area contributed by atoms with Gasteiger partial charge >= 0.3 is 0 Å². The van der Waals surface area contributed by atoms with Gasteiger partial charge in [0, 0.05) is 19.3 Å². The fourth-order valence-corrected chi connectivity index (χ4v) is 2.53. The van der Waals surface area contributed by atoms with Gasteiger partial charge < -0.3 is 5.73 Å². The molecule has 78 valence electrons. The summed E-state index contributed by atoms with van der Waals surface area (Å²) in [6.45, 7) is 2.09. The topological polar surface area (TPSA) is 43.8 Å². The van der Waals surface area contributed by atoms with Crippen LogP contribution in [-0.2, 0) is 7.05 Å². The summed E-state index contributed by atoms with van der Waals surface area (Å²) in [6, 6.07) is 0.397. The normalized spacial score (nSPS) is 27.9. The molecule has 1 saturated carbocycles. The highest BCUT2D eigenvalue weighted by molar-refractivity contribution is 5.21. The van der Waals surface area contributed by atoms with Crippen LogP contribution in [0, 0.1) is 6.92 Å². The molecule has 2 N–H and O–H groups in total. The standard InChI is InChI=1S/C11H19N3/c1-8-11(7-14(2)13-8)9-4-3-5-10(12)6-9/h7,9-10H,3-6,12H2,1-2H3. The quantitative estimate of drug-likeness (QED) is 0.738. The minimum absolute atomic E-state index is 0.397. The highest BCUT2D eigenvalue weighted by Gasteiger charge is 2.23. The molecule has 14 heavy (non-hydrogen) atoms. The third kappa shape index (κ3) is 1.82. The van der Waals surface area contributed by atoms with E-state index in [2.05, 4.69) is 18.2 Å². The fourth-order valence-electron chi connectivity index (χ4n) is 2.53. The summed E-state index contributed by atoms with van der Waals surface area (Å²) in [7, 11) is 1.99. The molecule has 0 amide bonds. The van der Waals surface area contributed by atoms with Gasteiger partial charge in [-0.15, -0.1) is 0 Å². The van der Waals surface area contributed by atoms with Gasteiger partial charge in [-0.05, 0) is 37.7 Å². The molecule has 2 rings (SSSR count). The van der Waals surface area contributed by atoms with Gasteiger partial charge in [-0.3, -0.25) is 4.68 Å². The number of aromatic nitrogens is 2. The van der Waals surface area contributed by atoms with E-state index in [-0.39, 0.29) is 0 Å². The second kappa shape index (κ2) is 3.73. The molecule has 1 aliphatic rings. The summed E-state index contributed by atoms with van der Waals surface area (Å²) in [5.74, 6) is 0.646. The monoisotopic (exact) mass is 193 g/mol. The highest BCUT2D eigenvalue weighted by Crippen LogP contribution is 2.33. The van der Waals surface area contributed by atoms with Crippen LogP contribution in [0.15, 0.2) is 6.20 Å². The second-order valence-corrected chi connectivity index (χ2v) is 4.47. The Bertz CT molecular complexity index is 316. The van der Waals surface area contributed by atoms with E-state index < -0.39 is 0 Å². The van der Waals surface area contributed by atoms with Crippen molar-refractivity contribution >= 4 is 0 Å². The zero-order chi connectivity index (χ0) is 10.1. The summed E-state index contributed by atoms with van der Waals surface area (Å²) in [5, 5.41) is 4.39. The minimum Gasteiger partial charge on any atom is -0.328 e. The van der Waals surface area contributed by atoms with E-state index in [0.717, 1.165) is 6.42 Å². The number of hydrogen-bond acceptors (Lipinski definition) is 2. The van der Waals surface area contributed by atoms with Gasteiger partial charge in [-0.25, -0.2) is 0 Å². The predicted molar refractivity (Wildman–Crippen MR) is 57.1 cm³/mol. The zero-order valence-electron chi connectivity index (χ0n) is 9.03. The van der Waals surface area contributed by atoms with Gasteiger partial charge in [0.1, 0.15) is 0 Å². The lowest BCUT2D eigenvalue weighted by atomic mass is 9.82. The molecule has 1 heterocycles. The van der Waals surface area contributed by atoms with E-state index in [1.54, 1.807) is 0 Å². The first-order valence-electron chi connectivity index (χ1n) is 5.42. The summed E-state index contributed by atoms with van der Waals surface area (Å²) in [5.41, 5.74) is 8.57. The van der Waals surface area contributed by atoms with Gasteiger partial charge in [0.25, 0.3) is 0 Å². The molecule has 3 heteroatoms. The Kier molecular flexibility index (Phi) is 2.59. The SMILES string of the molecule is Cc1nn(C)cc1C1CCCC(N)C1. The van der Waals surface area contributed by atoms with Crippen molar-refractivity contribution in [2.24, 2.45) is 12.8 Å². The third-order valence-electron chi connectivity index (χ3n) is 3.21. The highest BCUT2D eigenvalue weighted by atomic mass is 15.2. The first-order chi connectivity index (χ1) is 6.66. The molecule has 0 bridgehead atoms. The van der Waals surface area contributed by atoms with Crippen molar-refractivity contribution < 1.29 is 0 Å². The van der Waals surface area contributed by atoms with E-state index in [4.69, 9.17) is 5.73 Å². The Morgan fingerprint density at radius 2 is 2.29 bits per heavy atom. The number of nitrogens with zero attached hydrogens (tertiary/aromatic N) is 2. The lowest BCUT2D eigenvalue weighted by Crippen LogP contribution is -2.26. The molecular formula is C11H19N3. The molecule has 1 aromatic heterocycles. The molecule has 1 aliphatic carbocycles. The Morgan fingerprint density at radius 3 is 2.86 bits per heavy atom. The summed E-state index contributed by atoms with van der Waals surface area (Å²) in [4.78, 5) is 0. The van der Waals surface area contributed by atoms with E-state index >= 15 is 0 Å². The molecule has 0 spiro atoms. The Balaban J connectivity index is 2.17. The predicted octanol–water partition coefficient (Wildman–Crippen LogP) is 1.71. The summed E-state index contributed by atoms with van der Waals surface area (Å²) >= 11 is 0. The van der Waals surface area contributed by atoms with Crippen molar-refractivity contribution in [3.05, 3.63) is 17.5 Å². The first kappa shape index (κ1) is 9.71. The van der Waals surface area contributed by atoms with E-state index in [0.29, 0.717) is 12.0 Å². The van der Waals surface area contributed by atoms with Gasteiger partial charge in [0.05, 0.1) is 5.69 Å². The molecule has 2 atom stereocenters. The molecule has 0 aromatic carbocycles. The zero-order valence-corrected chi connectivity index (χ0v) is 9.03. The van der Waals surface area contributed by atoms with Crippen molar-refractivity contribution in [2.75, 3.05) is 0 Å². The maximum Gasteiger partial charge on any atom is 0.0628 e. The fraction of sp³-hybridized carbons (Fsp3) is 0.727. The van der Waals surface area contributed by atoms with Gasteiger partial charge in [-0.2, -0.15) is 5.10 Å². The molecule has 2 unspecified atom stereocenters. The average Bonchev–Trinajstić information content (AvgIpc) is 2.45. The first-order valence-corrected chi connectivity index (χ1v) is 5.42. The van der Waals surface area contributed by atoms with Crippen LogP contribution >= 0.6 is 0 Å². The molecule has 0 saturated heterocycles. The van der Waals surface area contributed by atoms with Gasteiger partial charge in [0.15, 0.2) is 0 Å². The number of hydrogen-bond donors (Lipinski definition) is 1.